The molecule has 0 N–H and O–H groups in total. The molecule has 1 aromatic rings. The van der Waals surface area contributed by atoms with E-state index < -0.39 is 12.2 Å². The number of carbonyl (C=O) groups is 2. The average Bonchev–Trinajstić information content (AvgIpc) is 3.23. The van der Waals surface area contributed by atoms with Crippen LogP contribution in [0.1, 0.15) is 83.8 Å². The fraction of sp³-hybridized carbons (Fsp3) is 0.412. The van der Waals surface area contributed by atoms with Gasteiger partial charge in [0.25, 0.3) is 0 Å². The van der Waals surface area contributed by atoms with Crippen molar-refractivity contribution < 1.29 is 14.3 Å². The van der Waals surface area contributed by atoms with Gasteiger partial charge < -0.3 is 4.74 Å². The Morgan fingerprint density at radius 2 is 1.26 bits per heavy atom. The molecule has 0 saturated carbocycles. The Morgan fingerprint density at radius 3 is 1.74 bits per heavy atom. The molecule has 4 nitrogen and oxygen atoms in total. The van der Waals surface area contributed by atoms with Gasteiger partial charge in [-0.1, -0.05) is 117 Å². The number of imide groups is 1. The smallest absolute Gasteiger partial charge is 0.417 e. The first-order valence-electron chi connectivity index (χ1n) is 14.1. The predicted octanol–water partition coefficient (Wildman–Crippen LogP) is 9.21. The number of rotatable bonds is 16. The number of amides is 2. The zero-order valence-electron chi connectivity index (χ0n) is 23.4. The van der Waals surface area contributed by atoms with Gasteiger partial charge in [0.15, 0.2) is 0 Å². The molecule has 0 aromatic heterocycles. The third-order valence-electron chi connectivity index (χ3n) is 6.49. The lowest BCUT2D eigenvalue weighted by Crippen LogP contribution is -2.41. The van der Waals surface area contributed by atoms with Gasteiger partial charge in [-0.2, -0.15) is 0 Å². The van der Waals surface area contributed by atoms with E-state index in [0.29, 0.717) is 12.8 Å². The summed E-state index contributed by atoms with van der Waals surface area (Å²) in [5, 5.41) is 0. The molecule has 1 aromatic carbocycles. The molecule has 0 aliphatic carbocycles. The van der Waals surface area contributed by atoms with Crippen LogP contribution < -0.4 is 0 Å². The number of hydrogen-bond donors (Lipinski definition) is 0. The molecule has 2 rings (SSSR count). The van der Waals surface area contributed by atoms with Crippen LogP contribution in [0, 0.1) is 5.92 Å². The van der Waals surface area contributed by atoms with Crippen molar-refractivity contribution in [1.82, 2.24) is 4.90 Å². The summed E-state index contributed by atoms with van der Waals surface area (Å²) in [6.45, 7) is 6.02. The third-order valence-corrected chi connectivity index (χ3v) is 6.49. The number of ether oxygens (including phenoxy) is 1. The Morgan fingerprint density at radius 1 is 0.789 bits per heavy atom. The van der Waals surface area contributed by atoms with Gasteiger partial charge in [0, 0.05) is 5.92 Å². The van der Waals surface area contributed by atoms with Gasteiger partial charge in [-0.15, -0.1) is 0 Å². The first-order chi connectivity index (χ1) is 18.6. The summed E-state index contributed by atoms with van der Waals surface area (Å²) in [6, 6.07) is 9.28. The second kappa shape index (κ2) is 18.8. The highest BCUT2D eigenvalue weighted by Gasteiger charge is 2.44. The van der Waals surface area contributed by atoms with E-state index in [-0.39, 0.29) is 17.9 Å². The van der Waals surface area contributed by atoms with Crippen molar-refractivity contribution in [1.29, 1.82) is 0 Å². The second-order valence-corrected chi connectivity index (χ2v) is 9.42. The molecule has 2 amide bonds. The van der Waals surface area contributed by atoms with Crippen LogP contribution in [0.5, 0.6) is 0 Å². The van der Waals surface area contributed by atoms with Gasteiger partial charge in [0.1, 0.15) is 6.10 Å². The van der Waals surface area contributed by atoms with Crippen LogP contribution >= 0.6 is 0 Å². The first kappa shape index (κ1) is 30.8. The molecule has 38 heavy (non-hydrogen) atoms. The summed E-state index contributed by atoms with van der Waals surface area (Å²) in [5.74, 6) is -0.382. The average molecular weight is 516 g/mol. The van der Waals surface area contributed by atoms with E-state index in [1.165, 1.54) is 4.90 Å². The number of benzene rings is 1. The lowest BCUT2D eigenvalue weighted by molar-refractivity contribution is -0.133. The quantitative estimate of drug-likeness (QED) is 0.206. The third kappa shape index (κ3) is 10.9. The molecular weight excluding hydrogens is 470 g/mol. The van der Waals surface area contributed by atoms with Crippen LogP contribution in [0.2, 0.25) is 0 Å². The number of carbonyl (C=O) groups excluding carboxylic acids is 2. The van der Waals surface area contributed by atoms with Crippen molar-refractivity contribution in [2.24, 2.45) is 5.92 Å². The normalized spacial score (nSPS) is 19.3. The number of hydrogen-bond acceptors (Lipinski definition) is 3. The molecule has 0 spiro atoms. The van der Waals surface area contributed by atoms with E-state index in [4.69, 9.17) is 4.74 Å². The van der Waals surface area contributed by atoms with E-state index in [1.807, 2.05) is 50.3 Å². The fourth-order valence-corrected chi connectivity index (χ4v) is 4.27. The maximum absolute atomic E-state index is 13.1. The molecule has 1 aliphatic heterocycles. The molecule has 0 radical (unpaired) electrons. The molecule has 0 bridgehead atoms. The lowest BCUT2D eigenvalue weighted by atomic mass is 9.98. The maximum atomic E-state index is 13.1. The highest BCUT2D eigenvalue weighted by molar-refractivity contribution is 5.95. The molecule has 0 unspecified atom stereocenters. The van der Waals surface area contributed by atoms with Crippen molar-refractivity contribution in [3.8, 4) is 0 Å². The fourth-order valence-electron chi connectivity index (χ4n) is 4.27. The summed E-state index contributed by atoms with van der Waals surface area (Å²) in [6.07, 6.45) is 32.1. The number of allylic oxidation sites excluding steroid dienone is 12. The van der Waals surface area contributed by atoms with Crippen LogP contribution in [0.3, 0.4) is 0 Å². The molecular formula is C34H45NO3. The van der Waals surface area contributed by atoms with E-state index >= 15 is 0 Å². The van der Waals surface area contributed by atoms with E-state index in [0.717, 1.165) is 44.1 Å². The second-order valence-electron chi connectivity index (χ2n) is 9.42. The van der Waals surface area contributed by atoms with Crippen LogP contribution in [-0.2, 0) is 9.53 Å². The summed E-state index contributed by atoms with van der Waals surface area (Å²) in [7, 11) is 0. The van der Waals surface area contributed by atoms with Crippen LogP contribution in [0.15, 0.2) is 103 Å². The highest BCUT2D eigenvalue weighted by Crippen LogP contribution is 2.34. The molecule has 1 saturated heterocycles. The van der Waals surface area contributed by atoms with Crippen molar-refractivity contribution in [3.05, 3.63) is 109 Å². The van der Waals surface area contributed by atoms with E-state index in [1.54, 1.807) is 0 Å². The molecule has 4 heteroatoms. The van der Waals surface area contributed by atoms with Gasteiger partial charge in [-0.25, -0.2) is 9.69 Å². The Labute approximate surface area is 230 Å². The minimum absolute atomic E-state index is 0.150. The summed E-state index contributed by atoms with van der Waals surface area (Å²) in [5.41, 5.74) is 0.911. The number of cyclic esters (lactones) is 1. The van der Waals surface area contributed by atoms with Crippen molar-refractivity contribution in [2.45, 2.75) is 84.3 Å². The van der Waals surface area contributed by atoms with E-state index in [9.17, 15) is 9.59 Å². The summed E-state index contributed by atoms with van der Waals surface area (Å²) >= 11 is 0. The Bertz CT molecular complexity index is 1000. The van der Waals surface area contributed by atoms with Gasteiger partial charge in [0.05, 0.1) is 6.04 Å². The van der Waals surface area contributed by atoms with Gasteiger partial charge >= 0.3 is 6.09 Å². The standard InChI is InChI=1S/C34H45NO3/c1-4-6-7-8-9-10-11-12-13-14-15-16-17-18-19-20-21-23-26-30(5-2)33(36)35-29(3)32(38-34(35)37)31-27-24-22-25-28-31/h6-7,9-10,12-13,15-16,18-19,21-25,27-30,32H,4-5,8,11,14,17,20,26H2,1-3H3/t29-,30+,32-/m1/s1. The van der Waals surface area contributed by atoms with Crippen LogP contribution in [0.25, 0.3) is 0 Å². The summed E-state index contributed by atoms with van der Waals surface area (Å²) < 4.78 is 5.56. The zero-order chi connectivity index (χ0) is 27.4. The summed E-state index contributed by atoms with van der Waals surface area (Å²) in [4.78, 5) is 27.0. The van der Waals surface area contributed by atoms with Crippen molar-refractivity contribution in [3.63, 3.8) is 0 Å². The number of nitrogens with zero attached hydrogens (tertiary/aromatic N) is 1. The maximum Gasteiger partial charge on any atom is 0.417 e. The Kier molecular flexibility index (Phi) is 15.2. The minimum atomic E-state index is -0.544. The van der Waals surface area contributed by atoms with Crippen molar-refractivity contribution >= 4 is 12.0 Å². The first-order valence-corrected chi connectivity index (χ1v) is 14.1. The molecule has 204 valence electrons. The van der Waals surface area contributed by atoms with Gasteiger partial charge in [-0.05, 0) is 63.9 Å². The van der Waals surface area contributed by atoms with Gasteiger partial charge in [0.2, 0.25) is 5.91 Å². The van der Waals surface area contributed by atoms with Gasteiger partial charge in [-0.3, -0.25) is 4.79 Å². The highest BCUT2D eigenvalue weighted by atomic mass is 16.6. The molecule has 1 heterocycles. The SMILES string of the molecule is CCC=CCC=CCC=CCC=CCC=CCC=CC[C@H](CC)C(=O)N1C(=O)O[C@@H](c2ccccc2)[C@H]1C. The predicted molar refractivity (Wildman–Crippen MR) is 159 cm³/mol. The largest absolute Gasteiger partial charge is 0.439 e. The monoisotopic (exact) mass is 515 g/mol. The minimum Gasteiger partial charge on any atom is -0.439 e. The van der Waals surface area contributed by atoms with Crippen molar-refractivity contribution in [2.75, 3.05) is 0 Å². The molecule has 1 fully saturated rings. The Balaban J connectivity index is 1.66. The molecule has 1 aliphatic rings. The van der Waals surface area contributed by atoms with Crippen LogP contribution in [-0.4, -0.2) is 22.9 Å². The molecule has 3 atom stereocenters. The lowest BCUT2D eigenvalue weighted by Gasteiger charge is -2.23. The Hall–Kier alpha value is -3.40. The topological polar surface area (TPSA) is 46.6 Å². The van der Waals surface area contributed by atoms with E-state index in [2.05, 4.69) is 73.8 Å². The zero-order valence-corrected chi connectivity index (χ0v) is 23.4. The van der Waals surface area contributed by atoms with Crippen LogP contribution in [0.4, 0.5) is 4.79 Å².